The van der Waals surface area contributed by atoms with Crippen LogP contribution >= 0.6 is 11.6 Å². The second-order valence-electron chi connectivity index (χ2n) is 13.8. The highest BCUT2D eigenvalue weighted by Gasteiger charge is 2.36. The highest BCUT2D eigenvalue weighted by molar-refractivity contribution is 6.33. The van der Waals surface area contributed by atoms with Crippen LogP contribution in [0.3, 0.4) is 0 Å². The molecule has 0 saturated heterocycles. The Kier molecular flexibility index (Phi) is 11.9. The molecule has 0 aliphatic heterocycles. The molecule has 290 valence electrons. The predicted octanol–water partition coefficient (Wildman–Crippen LogP) is 7.74. The Morgan fingerprint density at radius 1 is 1.09 bits per heavy atom. The van der Waals surface area contributed by atoms with Crippen LogP contribution in [0.1, 0.15) is 81.5 Å². The lowest BCUT2D eigenvalue weighted by molar-refractivity contribution is 0.0403. The standard InChI is InChI=1S/C35H38ClF6N9O3/c1-34(2,42)11-12-44-32(43)50(29(52)23-9-5-19(14-26(23)37)21-15-46-49(16-21)22-7-8-22)27(17-54-33(53)48-35(3,4)30(38)39)20-6-10-25(36)24(13-20)28-45-18-47-51(28)31(40)41/h5-6,9-10,13-16,18,22,27,30-31H,7-8,11-12,17H2,1-4H3,(H2,43,44)(H,48,53)/t27-/m1/s1. The zero-order valence-electron chi connectivity index (χ0n) is 29.6. The number of benzene rings is 2. The van der Waals surface area contributed by atoms with Gasteiger partial charge in [0.15, 0.2) is 11.8 Å². The molecule has 0 spiro atoms. The fraction of sp³-hybridized carbons (Fsp3) is 0.429. The first-order chi connectivity index (χ1) is 25.4. The average Bonchev–Trinajstić information content (AvgIpc) is 3.59. The van der Waals surface area contributed by atoms with E-state index in [1.807, 2.05) is 5.32 Å². The van der Waals surface area contributed by atoms with Crippen LogP contribution in [-0.2, 0) is 4.74 Å². The Labute approximate surface area is 311 Å². The highest BCUT2D eigenvalue weighted by Crippen LogP contribution is 2.36. The summed E-state index contributed by atoms with van der Waals surface area (Å²) in [7, 11) is 0. The molecule has 1 aliphatic carbocycles. The van der Waals surface area contributed by atoms with E-state index in [0.717, 1.165) is 44.0 Å². The van der Waals surface area contributed by atoms with Gasteiger partial charge in [0, 0.05) is 30.3 Å². The largest absolute Gasteiger partial charge is 0.447 e. The molecule has 5 rings (SSSR count). The molecular weight excluding hydrogens is 744 g/mol. The monoisotopic (exact) mass is 781 g/mol. The van der Waals surface area contributed by atoms with E-state index in [0.29, 0.717) is 15.8 Å². The molecule has 2 heterocycles. The molecule has 2 amide bonds. The van der Waals surface area contributed by atoms with Gasteiger partial charge in [0.1, 0.15) is 24.4 Å². The topological polar surface area (TPSA) is 146 Å². The minimum atomic E-state index is -3.13. The van der Waals surface area contributed by atoms with Crippen LogP contribution in [0.2, 0.25) is 5.02 Å². The molecule has 19 heteroatoms. The van der Waals surface area contributed by atoms with Gasteiger partial charge >= 0.3 is 12.6 Å². The minimum Gasteiger partial charge on any atom is -0.447 e. The number of amides is 2. The second kappa shape index (κ2) is 16.1. The first kappa shape index (κ1) is 40.1. The van der Waals surface area contributed by atoms with Crippen molar-refractivity contribution in [3.05, 3.63) is 77.1 Å². The van der Waals surface area contributed by atoms with Gasteiger partial charge < -0.3 is 15.8 Å². The van der Waals surface area contributed by atoms with Crippen LogP contribution in [0.4, 0.5) is 31.1 Å². The SMILES string of the molecule is CC(C)(F)CCN=C(N)N(C(=O)c1ccc(-c2cnn(C3CC3)c2)cc1F)[C@H](COC(=O)NC(C)(C)C(F)F)c1ccc(Cl)c(-c2ncnn2C(F)F)c1. The predicted molar refractivity (Wildman–Crippen MR) is 187 cm³/mol. The van der Waals surface area contributed by atoms with Crippen LogP contribution in [0.15, 0.2) is 60.1 Å². The van der Waals surface area contributed by atoms with Crippen molar-refractivity contribution in [2.45, 2.75) is 83.2 Å². The van der Waals surface area contributed by atoms with Gasteiger partial charge in [0.2, 0.25) is 0 Å². The second-order valence-corrected chi connectivity index (χ2v) is 14.2. The maximum Gasteiger partial charge on any atom is 0.407 e. The van der Waals surface area contributed by atoms with E-state index in [9.17, 15) is 31.5 Å². The summed E-state index contributed by atoms with van der Waals surface area (Å²) in [6, 6.07) is 6.44. The number of hydrogen-bond donors (Lipinski definition) is 2. The smallest absolute Gasteiger partial charge is 0.407 e. The average molecular weight is 782 g/mol. The summed E-state index contributed by atoms with van der Waals surface area (Å²) in [6.45, 7) is 0.523. The zero-order chi connectivity index (χ0) is 39.5. The minimum absolute atomic E-state index is 0.0287. The normalized spacial score (nSPS) is 14.4. The van der Waals surface area contributed by atoms with E-state index >= 15 is 4.39 Å². The molecule has 4 aromatic rings. The van der Waals surface area contributed by atoms with E-state index in [2.05, 4.69) is 20.2 Å². The Morgan fingerprint density at radius 3 is 2.44 bits per heavy atom. The van der Waals surface area contributed by atoms with Crippen LogP contribution in [0, 0.1) is 5.82 Å². The zero-order valence-corrected chi connectivity index (χ0v) is 30.4. The van der Waals surface area contributed by atoms with Gasteiger partial charge in [-0.2, -0.15) is 23.7 Å². The summed E-state index contributed by atoms with van der Waals surface area (Å²) >= 11 is 6.41. The van der Waals surface area contributed by atoms with Crippen molar-refractivity contribution in [3.63, 3.8) is 0 Å². The number of nitrogens with two attached hydrogens (primary N) is 1. The molecule has 1 aliphatic rings. The van der Waals surface area contributed by atoms with Crippen molar-refractivity contribution in [1.29, 1.82) is 0 Å². The third-order valence-electron chi connectivity index (χ3n) is 8.53. The number of hydrogen-bond acceptors (Lipinski definition) is 7. The first-order valence-corrected chi connectivity index (χ1v) is 17.1. The van der Waals surface area contributed by atoms with Crippen molar-refractivity contribution in [2.24, 2.45) is 10.7 Å². The number of aliphatic imine (C=N–C) groups is 1. The van der Waals surface area contributed by atoms with Crippen LogP contribution < -0.4 is 11.1 Å². The molecule has 1 atom stereocenters. The van der Waals surface area contributed by atoms with Crippen molar-refractivity contribution in [2.75, 3.05) is 13.2 Å². The molecular formula is C35H38ClF6N9O3. The van der Waals surface area contributed by atoms with Gasteiger partial charge in [-0.3, -0.25) is 19.4 Å². The first-order valence-electron chi connectivity index (χ1n) is 16.7. The van der Waals surface area contributed by atoms with Gasteiger partial charge in [0.25, 0.3) is 12.3 Å². The number of ether oxygens (including phenoxy) is 1. The van der Waals surface area contributed by atoms with E-state index in [1.165, 1.54) is 44.2 Å². The molecule has 0 radical (unpaired) electrons. The van der Waals surface area contributed by atoms with Crippen LogP contribution in [0.5, 0.6) is 0 Å². The van der Waals surface area contributed by atoms with Gasteiger partial charge in [0.05, 0.1) is 34.4 Å². The van der Waals surface area contributed by atoms with E-state index in [-0.39, 0.29) is 41.0 Å². The molecule has 3 N–H and O–H groups in total. The highest BCUT2D eigenvalue weighted by atomic mass is 35.5. The van der Waals surface area contributed by atoms with Crippen LogP contribution in [0.25, 0.3) is 22.5 Å². The summed E-state index contributed by atoms with van der Waals surface area (Å²) in [5, 5.41) is 9.82. The van der Waals surface area contributed by atoms with Crippen molar-refractivity contribution in [1.82, 2.24) is 34.8 Å². The number of nitrogens with zero attached hydrogens (tertiary/aromatic N) is 7. The summed E-state index contributed by atoms with van der Waals surface area (Å²) < 4.78 is 92.7. The Bertz CT molecular complexity index is 2010. The maximum absolute atomic E-state index is 16.0. The summed E-state index contributed by atoms with van der Waals surface area (Å²) in [5.74, 6) is -3.00. The maximum atomic E-state index is 16.0. The summed E-state index contributed by atoms with van der Waals surface area (Å²) in [6.07, 6.45) is 1.69. The van der Waals surface area contributed by atoms with Gasteiger partial charge in [-0.25, -0.2) is 27.3 Å². The molecule has 2 aromatic carbocycles. The number of alkyl halides is 5. The van der Waals surface area contributed by atoms with Crippen LogP contribution in [-0.4, -0.2) is 78.2 Å². The van der Waals surface area contributed by atoms with E-state index in [4.69, 9.17) is 22.1 Å². The van der Waals surface area contributed by atoms with Crippen molar-refractivity contribution in [3.8, 4) is 22.5 Å². The fourth-order valence-electron chi connectivity index (χ4n) is 5.28. The van der Waals surface area contributed by atoms with Gasteiger partial charge in [-0.15, -0.1) is 0 Å². The van der Waals surface area contributed by atoms with E-state index in [1.54, 1.807) is 17.1 Å². The third kappa shape index (κ3) is 9.50. The molecule has 54 heavy (non-hydrogen) atoms. The number of carbonyl (C=O) groups is 2. The fourth-order valence-corrected chi connectivity index (χ4v) is 5.48. The molecule has 1 fully saturated rings. The number of aromatic nitrogens is 5. The Morgan fingerprint density at radius 2 is 1.81 bits per heavy atom. The molecule has 12 nitrogen and oxygen atoms in total. The van der Waals surface area contributed by atoms with Gasteiger partial charge in [-0.05, 0) is 75.9 Å². The Balaban J connectivity index is 1.60. The number of carbonyl (C=O) groups excluding carboxylic acids is 2. The van der Waals surface area contributed by atoms with E-state index < -0.39 is 66.2 Å². The Hall–Kier alpha value is -5.13. The lowest BCUT2D eigenvalue weighted by atomic mass is 10.0. The third-order valence-corrected chi connectivity index (χ3v) is 8.86. The summed E-state index contributed by atoms with van der Waals surface area (Å²) in [4.78, 5) is 36.1. The van der Waals surface area contributed by atoms with Crippen molar-refractivity contribution >= 4 is 29.6 Å². The quantitative estimate of drug-likeness (QED) is 0.0757. The number of alkyl carbamates (subject to hydrolysis) is 1. The molecule has 0 bridgehead atoms. The molecule has 2 aromatic heterocycles. The molecule has 1 saturated carbocycles. The number of nitrogens with one attached hydrogen (secondary N) is 1. The van der Waals surface area contributed by atoms with Crippen molar-refractivity contribution < 1.29 is 40.7 Å². The lowest BCUT2D eigenvalue weighted by Gasteiger charge is -2.32. The van der Waals surface area contributed by atoms with Gasteiger partial charge in [-0.1, -0.05) is 23.7 Å². The summed E-state index contributed by atoms with van der Waals surface area (Å²) in [5.41, 5.74) is 3.11. The number of rotatable bonds is 14. The number of guanidine groups is 1. The lowest BCUT2D eigenvalue weighted by Crippen LogP contribution is -2.50. The number of halogens is 7. The molecule has 0 unspecified atom stereocenters.